The lowest BCUT2D eigenvalue weighted by Crippen LogP contribution is -2.54. The van der Waals surface area contributed by atoms with Crippen LogP contribution in [-0.4, -0.2) is 77.6 Å². The average Bonchev–Trinajstić information content (AvgIpc) is 3.39. The molecule has 0 saturated carbocycles. The summed E-state index contributed by atoms with van der Waals surface area (Å²) in [5.74, 6) is -0.852. The highest BCUT2D eigenvalue weighted by Crippen LogP contribution is 2.39. The van der Waals surface area contributed by atoms with Crippen molar-refractivity contribution < 1.29 is 18.7 Å². The van der Waals surface area contributed by atoms with Gasteiger partial charge in [-0.2, -0.15) is 9.97 Å². The summed E-state index contributed by atoms with van der Waals surface area (Å²) >= 11 is 6.65. The van der Waals surface area contributed by atoms with E-state index >= 15 is 0 Å². The lowest BCUT2D eigenvalue weighted by Gasteiger charge is -2.41. The molecule has 2 fully saturated rings. The molecule has 3 aliphatic rings. The average molecular weight is 580 g/mol. The van der Waals surface area contributed by atoms with Crippen molar-refractivity contribution in [2.45, 2.75) is 51.0 Å². The second kappa shape index (κ2) is 11.5. The van der Waals surface area contributed by atoms with Gasteiger partial charge in [-0.3, -0.25) is 4.79 Å². The van der Waals surface area contributed by atoms with Gasteiger partial charge in [0.05, 0.1) is 18.4 Å². The maximum Gasteiger partial charge on any atom is 0.318 e. The van der Waals surface area contributed by atoms with Crippen LogP contribution in [0.4, 0.5) is 10.2 Å². The van der Waals surface area contributed by atoms with Crippen LogP contribution < -0.4 is 9.64 Å². The van der Waals surface area contributed by atoms with Crippen LogP contribution in [0.5, 0.6) is 6.01 Å². The molecule has 0 bridgehead atoms. The predicted molar refractivity (Wildman–Crippen MR) is 157 cm³/mol. The van der Waals surface area contributed by atoms with E-state index in [1.54, 1.807) is 0 Å². The van der Waals surface area contributed by atoms with E-state index in [4.69, 9.17) is 31.0 Å². The van der Waals surface area contributed by atoms with Crippen molar-refractivity contribution in [3.05, 3.63) is 70.6 Å². The summed E-state index contributed by atoms with van der Waals surface area (Å²) in [5.41, 5.74) is 2.83. The standard InChI is InChI=1S/C31H35ClFN5O3/c1-19-16-37(30(39)20(2)33)13-14-38(19)29-24-18-40-27(23-10-4-7-21-8-5-11-25(32)28(21)23)15-26(24)34-31(35-29)41-17-22-9-6-12-36(22)3/h4-5,7-8,10-11,19,22,27H,2,6,9,12-18H2,1,3H3/t19-,22-,27?/m0/s1. The van der Waals surface area contributed by atoms with Gasteiger partial charge < -0.3 is 24.2 Å². The van der Waals surface area contributed by atoms with Crippen molar-refractivity contribution in [1.29, 1.82) is 0 Å². The zero-order chi connectivity index (χ0) is 28.7. The van der Waals surface area contributed by atoms with Crippen molar-refractivity contribution in [1.82, 2.24) is 19.8 Å². The number of piperazine rings is 1. The van der Waals surface area contributed by atoms with Gasteiger partial charge in [0.1, 0.15) is 12.4 Å². The van der Waals surface area contributed by atoms with Gasteiger partial charge in [0, 0.05) is 54.1 Å². The number of amides is 1. The number of hydrogen-bond acceptors (Lipinski definition) is 7. The molecule has 3 atom stereocenters. The van der Waals surface area contributed by atoms with Gasteiger partial charge in [0.25, 0.3) is 5.91 Å². The SMILES string of the molecule is C=C(F)C(=O)N1CCN(c2nc(OC[C@@H]3CCCN3C)nc3c2COC(c2cccc4cccc(Cl)c24)C3)[C@@H](C)C1. The maximum atomic E-state index is 13.6. The molecule has 0 N–H and O–H groups in total. The Hall–Kier alpha value is -3.27. The molecule has 216 valence electrons. The van der Waals surface area contributed by atoms with E-state index in [0.717, 1.165) is 52.8 Å². The predicted octanol–water partition coefficient (Wildman–Crippen LogP) is 5.09. The number of hydrogen-bond donors (Lipinski definition) is 0. The fraction of sp³-hybridized carbons (Fsp3) is 0.452. The van der Waals surface area contributed by atoms with Gasteiger partial charge in [-0.1, -0.05) is 48.5 Å². The smallest absolute Gasteiger partial charge is 0.318 e. The molecular weight excluding hydrogens is 545 g/mol. The van der Waals surface area contributed by atoms with Crippen molar-refractivity contribution in [3.63, 3.8) is 0 Å². The molecule has 0 radical (unpaired) electrons. The summed E-state index contributed by atoms with van der Waals surface area (Å²) in [7, 11) is 2.12. The molecule has 2 aromatic carbocycles. The van der Waals surface area contributed by atoms with Gasteiger partial charge in [0.15, 0.2) is 5.83 Å². The largest absolute Gasteiger partial charge is 0.462 e. The molecule has 1 unspecified atom stereocenters. The number of nitrogens with zero attached hydrogens (tertiary/aromatic N) is 5. The topological polar surface area (TPSA) is 71.0 Å². The first-order chi connectivity index (χ1) is 19.8. The van der Waals surface area contributed by atoms with Gasteiger partial charge in [-0.15, -0.1) is 0 Å². The number of halogens is 2. The Morgan fingerprint density at radius 2 is 2.00 bits per heavy atom. The highest BCUT2D eigenvalue weighted by atomic mass is 35.5. The van der Waals surface area contributed by atoms with Crippen molar-refractivity contribution in [3.8, 4) is 6.01 Å². The first kappa shape index (κ1) is 27.9. The second-order valence-electron chi connectivity index (χ2n) is 11.2. The molecule has 4 heterocycles. The molecule has 1 aromatic heterocycles. The number of fused-ring (bicyclic) bond motifs is 2. The monoisotopic (exact) mass is 579 g/mol. The van der Waals surface area contributed by atoms with Gasteiger partial charge in [-0.25, -0.2) is 4.39 Å². The molecule has 8 nitrogen and oxygen atoms in total. The Bertz CT molecular complexity index is 1480. The maximum absolute atomic E-state index is 13.6. The Morgan fingerprint density at radius 1 is 1.20 bits per heavy atom. The highest BCUT2D eigenvalue weighted by molar-refractivity contribution is 6.35. The summed E-state index contributed by atoms with van der Waals surface area (Å²) in [6, 6.07) is 12.6. The summed E-state index contributed by atoms with van der Waals surface area (Å²) in [5, 5.41) is 2.75. The minimum absolute atomic E-state index is 0.102. The molecule has 3 aromatic rings. The normalized spacial score (nSPS) is 23.1. The number of carbonyl (C=O) groups excluding carboxylic acids is 1. The van der Waals surface area contributed by atoms with E-state index in [1.807, 2.05) is 25.1 Å². The minimum atomic E-state index is -0.939. The van der Waals surface area contributed by atoms with Crippen LogP contribution in [0.1, 0.15) is 42.7 Å². The zero-order valence-electron chi connectivity index (χ0n) is 23.5. The van der Waals surface area contributed by atoms with Crippen LogP contribution in [0, 0.1) is 0 Å². The van der Waals surface area contributed by atoms with E-state index in [2.05, 4.69) is 41.6 Å². The first-order valence-electron chi connectivity index (χ1n) is 14.2. The molecule has 0 aliphatic carbocycles. The lowest BCUT2D eigenvalue weighted by molar-refractivity contribution is -0.129. The minimum Gasteiger partial charge on any atom is -0.462 e. The third-order valence-electron chi connectivity index (χ3n) is 8.59. The van der Waals surface area contributed by atoms with Crippen LogP contribution in [0.2, 0.25) is 5.02 Å². The molecule has 3 aliphatic heterocycles. The molecule has 2 saturated heterocycles. The number of benzene rings is 2. The summed E-state index contributed by atoms with van der Waals surface area (Å²) in [6.45, 7) is 8.32. The van der Waals surface area contributed by atoms with Crippen LogP contribution >= 0.6 is 11.6 Å². The number of likely N-dealkylation sites (tertiary alicyclic amines) is 1. The van der Waals surface area contributed by atoms with Gasteiger partial charge >= 0.3 is 6.01 Å². The summed E-state index contributed by atoms with van der Waals surface area (Å²) in [4.78, 5) is 28.0. The van der Waals surface area contributed by atoms with Gasteiger partial charge in [-0.05, 0) is 50.4 Å². The van der Waals surface area contributed by atoms with Crippen molar-refractivity contribution >= 4 is 34.1 Å². The number of aromatic nitrogens is 2. The number of ether oxygens (including phenoxy) is 2. The fourth-order valence-corrected chi connectivity index (χ4v) is 6.60. The second-order valence-corrected chi connectivity index (χ2v) is 11.6. The molecule has 10 heteroatoms. The van der Waals surface area contributed by atoms with E-state index in [1.165, 1.54) is 4.90 Å². The van der Waals surface area contributed by atoms with Crippen molar-refractivity contribution in [2.24, 2.45) is 0 Å². The van der Waals surface area contributed by atoms with Crippen molar-refractivity contribution in [2.75, 3.05) is 44.7 Å². The number of likely N-dealkylation sites (N-methyl/N-ethyl adjacent to an activating group) is 1. The van der Waals surface area contributed by atoms with Crippen LogP contribution in [-0.2, 0) is 22.6 Å². The van der Waals surface area contributed by atoms with Crippen LogP contribution in [0.15, 0.2) is 48.8 Å². The van der Waals surface area contributed by atoms with Crippen LogP contribution in [0.25, 0.3) is 10.8 Å². The van der Waals surface area contributed by atoms with E-state index in [0.29, 0.717) is 56.3 Å². The molecule has 6 rings (SSSR count). The fourth-order valence-electron chi connectivity index (χ4n) is 6.31. The van der Waals surface area contributed by atoms with E-state index < -0.39 is 11.7 Å². The van der Waals surface area contributed by atoms with E-state index in [-0.39, 0.29) is 12.1 Å². The van der Waals surface area contributed by atoms with E-state index in [9.17, 15) is 9.18 Å². The third kappa shape index (κ3) is 5.50. The number of carbonyl (C=O) groups is 1. The Kier molecular flexibility index (Phi) is 7.85. The first-order valence-corrected chi connectivity index (χ1v) is 14.6. The Balaban J connectivity index is 1.33. The zero-order valence-corrected chi connectivity index (χ0v) is 24.2. The Labute approximate surface area is 244 Å². The lowest BCUT2D eigenvalue weighted by atomic mass is 9.94. The highest BCUT2D eigenvalue weighted by Gasteiger charge is 2.34. The molecule has 41 heavy (non-hydrogen) atoms. The summed E-state index contributed by atoms with van der Waals surface area (Å²) in [6.07, 6.45) is 2.55. The molecule has 1 amide bonds. The number of anilines is 1. The Morgan fingerprint density at radius 3 is 2.73 bits per heavy atom. The van der Waals surface area contributed by atoms with Crippen LogP contribution in [0.3, 0.4) is 0 Å². The molecule has 0 spiro atoms. The molecular formula is C31H35ClFN5O3. The number of rotatable bonds is 6. The summed E-state index contributed by atoms with van der Waals surface area (Å²) < 4.78 is 26.3. The van der Waals surface area contributed by atoms with Gasteiger partial charge in [0.2, 0.25) is 0 Å². The third-order valence-corrected chi connectivity index (χ3v) is 8.90. The quantitative estimate of drug-likeness (QED) is 0.377.